The Morgan fingerprint density at radius 2 is 1.67 bits per heavy atom. The van der Waals surface area contributed by atoms with Crippen LogP contribution in [0.15, 0.2) is 30.3 Å². The van der Waals surface area contributed by atoms with Crippen molar-refractivity contribution in [3.05, 3.63) is 47.3 Å². The van der Waals surface area contributed by atoms with Gasteiger partial charge in [-0.1, -0.05) is 46.0 Å². The lowest BCUT2D eigenvalue weighted by Crippen LogP contribution is -2.40. The Labute approximate surface area is 249 Å². The average molecular weight is 580 g/mol. The van der Waals surface area contributed by atoms with Crippen LogP contribution in [-0.4, -0.2) is 36.3 Å². The van der Waals surface area contributed by atoms with Crippen LogP contribution in [-0.2, 0) is 4.79 Å². The minimum atomic E-state index is -0.908. The average Bonchev–Trinajstić information content (AvgIpc) is 3.58. The van der Waals surface area contributed by atoms with E-state index in [0.717, 1.165) is 62.1 Å². The Kier molecular flexibility index (Phi) is 9.59. The van der Waals surface area contributed by atoms with E-state index in [4.69, 9.17) is 4.74 Å². The predicted octanol–water partition coefficient (Wildman–Crippen LogP) is 8.51. The zero-order chi connectivity index (χ0) is 29.8. The van der Waals surface area contributed by atoms with E-state index in [9.17, 15) is 14.7 Å². The number of carboxylic acids is 1. The van der Waals surface area contributed by atoms with Crippen molar-refractivity contribution in [1.29, 1.82) is 0 Å². The van der Waals surface area contributed by atoms with Crippen molar-refractivity contribution in [2.24, 2.45) is 11.8 Å². The first-order valence-corrected chi connectivity index (χ1v) is 15.9. The van der Waals surface area contributed by atoms with Gasteiger partial charge in [0, 0.05) is 24.2 Å². The third-order valence-electron chi connectivity index (χ3n) is 9.13. The third-order valence-corrected chi connectivity index (χ3v) is 9.13. The highest BCUT2D eigenvalue weighted by atomic mass is 19.1. The fourth-order valence-corrected chi connectivity index (χ4v) is 7.00. The molecule has 7 nitrogen and oxygen atoms in total. The molecule has 0 spiro atoms. The van der Waals surface area contributed by atoms with E-state index in [2.05, 4.69) is 29.4 Å². The molecule has 228 valence electrons. The van der Waals surface area contributed by atoms with Crippen LogP contribution in [0.3, 0.4) is 0 Å². The number of nitrogens with one attached hydrogen (secondary N) is 2. The van der Waals surface area contributed by atoms with Gasteiger partial charge in [-0.25, -0.2) is 9.18 Å². The minimum Gasteiger partial charge on any atom is -0.494 e. The molecule has 3 saturated carbocycles. The number of urea groups is 1. The molecule has 3 fully saturated rings. The molecule has 0 unspecified atom stereocenters. The second-order valence-corrected chi connectivity index (χ2v) is 12.8. The minimum absolute atomic E-state index is 0.266. The molecule has 2 amide bonds. The highest BCUT2D eigenvalue weighted by Crippen LogP contribution is 2.50. The smallest absolute Gasteiger partial charge is 0.323 e. The van der Waals surface area contributed by atoms with Crippen LogP contribution in [0.5, 0.6) is 5.75 Å². The molecule has 0 radical (unpaired) electrons. The lowest BCUT2D eigenvalue weighted by Gasteiger charge is -2.38. The summed E-state index contributed by atoms with van der Waals surface area (Å²) >= 11 is 0. The van der Waals surface area contributed by atoms with Gasteiger partial charge >= 0.3 is 12.0 Å². The molecular weight excluding hydrogens is 533 g/mol. The second kappa shape index (κ2) is 13.3. The number of carbonyl (C=O) groups is 2. The van der Waals surface area contributed by atoms with Gasteiger partial charge in [-0.2, -0.15) is 0 Å². The summed E-state index contributed by atoms with van der Waals surface area (Å²) < 4.78 is 21.4. The standard InChI is InChI=1S/C34H46FN3O4/c1-4-42-24-14-15-30(25(16-24)22-10-8-9-11-22)36-34(41)37-31-18-27(26-17-28(26)33(39)40)29(35)19-32(31)38(20-21(2)3)23-12-6-5-7-13-23/h14-16,18-19,21-23,26,28H,4-13,17,20H2,1-3H3,(H,39,40)(H2,36,37,41)/t26-,28-/m1/s1. The van der Waals surface area contributed by atoms with Crippen molar-refractivity contribution in [3.63, 3.8) is 0 Å². The molecule has 0 bridgehead atoms. The Bertz CT molecular complexity index is 1270. The van der Waals surface area contributed by atoms with Crippen molar-refractivity contribution in [3.8, 4) is 5.75 Å². The zero-order valence-corrected chi connectivity index (χ0v) is 25.3. The number of hydrogen-bond donors (Lipinski definition) is 3. The number of nitrogens with zero attached hydrogens (tertiary/aromatic N) is 1. The fourth-order valence-electron chi connectivity index (χ4n) is 7.00. The summed E-state index contributed by atoms with van der Waals surface area (Å²) in [6, 6.07) is 8.92. The third kappa shape index (κ3) is 7.01. The van der Waals surface area contributed by atoms with Crippen LogP contribution >= 0.6 is 0 Å². The molecule has 2 aromatic carbocycles. The Morgan fingerprint density at radius 3 is 2.31 bits per heavy atom. The Morgan fingerprint density at radius 1 is 0.976 bits per heavy atom. The van der Waals surface area contributed by atoms with E-state index in [-0.39, 0.29) is 12.0 Å². The van der Waals surface area contributed by atoms with Crippen LogP contribution in [0.2, 0.25) is 0 Å². The Balaban J connectivity index is 1.47. The molecule has 0 aliphatic heterocycles. The molecule has 3 aliphatic rings. The Hall–Kier alpha value is -3.29. The number of anilines is 3. The van der Waals surface area contributed by atoms with E-state index < -0.39 is 23.7 Å². The maximum atomic E-state index is 15.7. The highest BCUT2D eigenvalue weighted by Gasteiger charge is 2.46. The number of halogens is 1. The normalized spacial score (nSPS) is 20.9. The highest BCUT2D eigenvalue weighted by molar-refractivity contribution is 6.02. The number of carboxylic acid groups (broad SMARTS) is 1. The molecular formula is C34H46FN3O4. The summed E-state index contributed by atoms with van der Waals surface area (Å²) in [5.41, 5.74) is 3.40. The first-order chi connectivity index (χ1) is 20.2. The number of hydrogen-bond acceptors (Lipinski definition) is 4. The van der Waals surface area contributed by atoms with E-state index in [1.165, 1.54) is 25.3 Å². The van der Waals surface area contributed by atoms with Crippen LogP contribution < -0.4 is 20.3 Å². The van der Waals surface area contributed by atoms with Gasteiger partial charge in [-0.15, -0.1) is 0 Å². The summed E-state index contributed by atoms with van der Waals surface area (Å²) in [4.78, 5) is 27.5. The zero-order valence-electron chi connectivity index (χ0n) is 25.3. The van der Waals surface area contributed by atoms with Gasteiger partial charge in [0.25, 0.3) is 0 Å². The van der Waals surface area contributed by atoms with Gasteiger partial charge in [-0.05, 0) is 92.3 Å². The molecule has 0 saturated heterocycles. The first kappa shape index (κ1) is 30.2. The molecule has 3 aliphatic carbocycles. The maximum absolute atomic E-state index is 15.7. The number of amides is 2. The first-order valence-electron chi connectivity index (χ1n) is 15.9. The number of carbonyl (C=O) groups excluding carboxylic acids is 1. The van der Waals surface area contributed by atoms with Crippen molar-refractivity contribution in [2.75, 3.05) is 28.7 Å². The summed E-state index contributed by atoms with van der Waals surface area (Å²) in [5, 5.41) is 15.7. The van der Waals surface area contributed by atoms with Gasteiger partial charge in [0.1, 0.15) is 11.6 Å². The van der Waals surface area contributed by atoms with E-state index in [1.807, 2.05) is 25.1 Å². The molecule has 0 heterocycles. The van der Waals surface area contributed by atoms with Gasteiger partial charge in [0.15, 0.2) is 0 Å². The van der Waals surface area contributed by atoms with Crippen molar-refractivity contribution in [2.45, 2.75) is 103 Å². The van der Waals surface area contributed by atoms with Crippen LogP contribution in [0.4, 0.5) is 26.2 Å². The summed E-state index contributed by atoms with van der Waals surface area (Å²) in [6.45, 7) is 7.58. The largest absolute Gasteiger partial charge is 0.494 e. The number of rotatable bonds is 11. The van der Waals surface area contributed by atoms with Crippen LogP contribution in [0.1, 0.15) is 108 Å². The monoisotopic (exact) mass is 579 g/mol. The van der Waals surface area contributed by atoms with Crippen molar-refractivity contribution in [1.82, 2.24) is 0 Å². The lowest BCUT2D eigenvalue weighted by molar-refractivity contribution is -0.138. The van der Waals surface area contributed by atoms with E-state index >= 15 is 4.39 Å². The molecule has 3 N–H and O–H groups in total. The van der Waals surface area contributed by atoms with Crippen molar-refractivity contribution >= 4 is 29.1 Å². The van der Waals surface area contributed by atoms with Gasteiger partial charge in [-0.3, -0.25) is 4.79 Å². The van der Waals surface area contributed by atoms with Crippen LogP contribution in [0, 0.1) is 17.7 Å². The summed E-state index contributed by atoms with van der Waals surface area (Å²) in [6.07, 6.45) is 10.4. The number of benzene rings is 2. The molecule has 42 heavy (non-hydrogen) atoms. The van der Waals surface area contributed by atoms with E-state index in [1.54, 1.807) is 6.07 Å². The molecule has 2 atom stereocenters. The summed E-state index contributed by atoms with van der Waals surface area (Å²) in [7, 11) is 0. The quantitative estimate of drug-likeness (QED) is 0.248. The lowest BCUT2D eigenvalue weighted by atomic mass is 9.92. The van der Waals surface area contributed by atoms with Gasteiger partial charge in [0.05, 0.1) is 23.9 Å². The molecule has 0 aromatic heterocycles. The summed E-state index contributed by atoms with van der Waals surface area (Å²) in [5.74, 6) is -0.773. The second-order valence-electron chi connectivity index (χ2n) is 12.8. The van der Waals surface area contributed by atoms with Crippen LogP contribution in [0.25, 0.3) is 0 Å². The van der Waals surface area contributed by atoms with Gasteiger partial charge in [0.2, 0.25) is 0 Å². The predicted molar refractivity (Wildman–Crippen MR) is 165 cm³/mol. The molecule has 5 rings (SSSR count). The maximum Gasteiger partial charge on any atom is 0.323 e. The SMILES string of the molecule is CCOc1ccc(NC(=O)Nc2cc([C@H]3C[C@H]3C(=O)O)c(F)cc2N(CC(C)C)C2CCCCC2)c(C2CCCC2)c1. The van der Waals surface area contributed by atoms with Gasteiger partial charge < -0.3 is 25.4 Å². The molecule has 8 heteroatoms. The van der Waals surface area contributed by atoms with E-state index in [0.29, 0.717) is 41.8 Å². The number of ether oxygens (including phenoxy) is 1. The number of aliphatic carboxylic acids is 1. The topological polar surface area (TPSA) is 90.9 Å². The fraction of sp³-hybridized carbons (Fsp3) is 0.588. The van der Waals surface area contributed by atoms with Crippen molar-refractivity contribution < 1.29 is 23.8 Å². The molecule has 2 aromatic rings.